The normalized spacial score (nSPS) is 10.4. The number of nitrogens with one attached hydrogen (secondary N) is 1. The van der Waals surface area contributed by atoms with Crippen LogP contribution in [-0.2, 0) is 4.79 Å². The maximum absolute atomic E-state index is 11.9. The van der Waals surface area contributed by atoms with E-state index >= 15 is 0 Å². The van der Waals surface area contributed by atoms with Gasteiger partial charge in [0.05, 0.1) is 12.1 Å². The molecule has 0 heterocycles. The molecule has 0 saturated heterocycles. The number of benzene rings is 1. The van der Waals surface area contributed by atoms with E-state index in [1.165, 1.54) is 11.8 Å². The van der Waals surface area contributed by atoms with Gasteiger partial charge >= 0.3 is 0 Å². The van der Waals surface area contributed by atoms with E-state index < -0.39 is 0 Å². The summed E-state index contributed by atoms with van der Waals surface area (Å²) in [6.07, 6.45) is 1.92. The van der Waals surface area contributed by atoms with Gasteiger partial charge in [-0.25, -0.2) is 0 Å². The van der Waals surface area contributed by atoms with Crippen molar-refractivity contribution in [2.75, 3.05) is 12.8 Å². The molecular weight excluding hydrogens is 234 g/mol. The third-order valence-corrected chi connectivity index (χ3v) is 3.21. The monoisotopic (exact) mass is 251 g/mol. The largest absolute Gasteiger partial charge is 0.345 e. The molecule has 0 aliphatic heterocycles. The van der Waals surface area contributed by atoms with Gasteiger partial charge in [-0.3, -0.25) is 9.59 Å². The summed E-state index contributed by atoms with van der Waals surface area (Å²) in [5.41, 5.74) is 0.622. The maximum atomic E-state index is 11.9. The third kappa shape index (κ3) is 3.89. The number of amides is 1. The fourth-order valence-electron chi connectivity index (χ4n) is 1.30. The van der Waals surface area contributed by atoms with E-state index in [0.29, 0.717) is 5.56 Å². The van der Waals surface area contributed by atoms with Crippen molar-refractivity contribution in [2.45, 2.75) is 18.7 Å². The van der Waals surface area contributed by atoms with Crippen LogP contribution in [0.2, 0.25) is 0 Å². The topological polar surface area (TPSA) is 46.2 Å². The zero-order valence-electron chi connectivity index (χ0n) is 10.3. The van der Waals surface area contributed by atoms with Crippen LogP contribution < -0.4 is 5.32 Å². The van der Waals surface area contributed by atoms with Crippen molar-refractivity contribution in [3.05, 3.63) is 29.8 Å². The zero-order valence-corrected chi connectivity index (χ0v) is 11.1. The summed E-state index contributed by atoms with van der Waals surface area (Å²) in [4.78, 5) is 24.2. The molecule has 0 fully saturated rings. The summed E-state index contributed by atoms with van der Waals surface area (Å²) >= 11 is 1.52. The molecule has 0 spiro atoms. The Hall–Kier alpha value is -1.29. The van der Waals surface area contributed by atoms with E-state index in [-0.39, 0.29) is 24.2 Å². The number of hydrogen-bond acceptors (Lipinski definition) is 3. The summed E-state index contributed by atoms with van der Waals surface area (Å²) in [6, 6.07) is 7.37. The first-order valence-electron chi connectivity index (χ1n) is 5.50. The number of ketones is 1. The lowest BCUT2D eigenvalue weighted by atomic mass is 10.1. The van der Waals surface area contributed by atoms with Gasteiger partial charge in [-0.05, 0) is 18.4 Å². The summed E-state index contributed by atoms with van der Waals surface area (Å²) in [5, 5.41) is 2.65. The molecule has 4 heteroatoms. The first-order valence-corrected chi connectivity index (χ1v) is 6.72. The molecule has 92 valence electrons. The molecule has 0 radical (unpaired) electrons. The zero-order chi connectivity index (χ0) is 12.8. The van der Waals surface area contributed by atoms with Gasteiger partial charge in [0.15, 0.2) is 5.78 Å². The second kappa shape index (κ2) is 6.45. The maximum Gasteiger partial charge on any atom is 0.252 e. The fourth-order valence-corrected chi connectivity index (χ4v) is 1.89. The van der Waals surface area contributed by atoms with Crippen LogP contribution in [0.5, 0.6) is 0 Å². The van der Waals surface area contributed by atoms with Crippen molar-refractivity contribution < 1.29 is 9.59 Å². The Kier molecular flexibility index (Phi) is 5.22. The molecule has 3 nitrogen and oxygen atoms in total. The third-order valence-electron chi connectivity index (χ3n) is 2.42. The number of hydrogen-bond donors (Lipinski definition) is 1. The Balaban J connectivity index is 2.67. The van der Waals surface area contributed by atoms with E-state index in [4.69, 9.17) is 0 Å². The molecule has 1 aromatic carbocycles. The lowest BCUT2D eigenvalue weighted by Crippen LogP contribution is -2.31. The molecule has 17 heavy (non-hydrogen) atoms. The fraction of sp³-hybridized carbons (Fsp3) is 0.385. The Morgan fingerprint density at radius 2 is 1.94 bits per heavy atom. The lowest BCUT2D eigenvalue weighted by molar-refractivity contribution is -0.120. The molecule has 0 aliphatic rings. The van der Waals surface area contributed by atoms with E-state index in [2.05, 4.69) is 5.32 Å². The molecule has 1 rings (SSSR count). The average molecular weight is 251 g/mol. The minimum Gasteiger partial charge on any atom is -0.345 e. The average Bonchev–Trinajstić information content (AvgIpc) is 2.35. The predicted octanol–water partition coefficient (Wildman–Crippen LogP) is 2.36. The minimum absolute atomic E-state index is 0.0417. The van der Waals surface area contributed by atoms with E-state index in [1.807, 2.05) is 38.3 Å². The Bertz CT molecular complexity index is 416. The van der Waals surface area contributed by atoms with E-state index in [9.17, 15) is 9.59 Å². The number of Topliss-reactive ketones (excluding diaryl/α,β-unsaturated/α-hetero) is 1. The molecule has 0 atom stereocenters. The molecule has 0 bridgehead atoms. The van der Waals surface area contributed by atoms with Crippen LogP contribution in [0.1, 0.15) is 24.2 Å². The first-order chi connectivity index (χ1) is 8.06. The van der Waals surface area contributed by atoms with E-state index in [0.717, 1.165) is 4.90 Å². The number of carbonyl (C=O) groups is 2. The quantitative estimate of drug-likeness (QED) is 0.817. The second-order valence-corrected chi connectivity index (χ2v) is 4.85. The van der Waals surface area contributed by atoms with Crippen LogP contribution >= 0.6 is 11.8 Å². The van der Waals surface area contributed by atoms with Gasteiger partial charge in [0, 0.05) is 10.8 Å². The molecule has 1 N–H and O–H groups in total. The number of carbonyl (C=O) groups excluding carboxylic acids is 2. The van der Waals surface area contributed by atoms with Gasteiger partial charge in [-0.1, -0.05) is 26.0 Å². The van der Waals surface area contributed by atoms with Crippen molar-refractivity contribution in [1.29, 1.82) is 0 Å². The van der Waals surface area contributed by atoms with Crippen molar-refractivity contribution >= 4 is 23.5 Å². The SMILES string of the molecule is CSc1ccccc1C(=O)NCC(=O)C(C)C. The van der Waals surface area contributed by atoms with Crippen molar-refractivity contribution in [1.82, 2.24) is 5.32 Å². The summed E-state index contributed by atoms with van der Waals surface area (Å²) in [6.45, 7) is 3.74. The summed E-state index contributed by atoms with van der Waals surface area (Å²) in [5.74, 6) is -0.199. The van der Waals surface area contributed by atoms with Crippen molar-refractivity contribution in [3.63, 3.8) is 0 Å². The number of rotatable bonds is 5. The highest BCUT2D eigenvalue weighted by molar-refractivity contribution is 7.98. The Morgan fingerprint density at radius 3 is 2.53 bits per heavy atom. The number of thioether (sulfide) groups is 1. The van der Waals surface area contributed by atoms with Crippen molar-refractivity contribution in [3.8, 4) is 0 Å². The first kappa shape index (κ1) is 13.8. The predicted molar refractivity (Wildman–Crippen MR) is 70.4 cm³/mol. The van der Waals surface area contributed by atoms with Gasteiger partial charge < -0.3 is 5.32 Å². The van der Waals surface area contributed by atoms with Crippen LogP contribution in [0.4, 0.5) is 0 Å². The van der Waals surface area contributed by atoms with Gasteiger partial charge in [-0.15, -0.1) is 11.8 Å². The molecule has 1 aromatic rings. The Morgan fingerprint density at radius 1 is 1.29 bits per heavy atom. The van der Waals surface area contributed by atoms with Gasteiger partial charge in [0.1, 0.15) is 0 Å². The standard InChI is InChI=1S/C13H17NO2S/c1-9(2)11(15)8-14-13(16)10-6-4-5-7-12(10)17-3/h4-7,9H,8H2,1-3H3,(H,14,16). The van der Waals surface area contributed by atoms with Crippen LogP contribution in [0, 0.1) is 5.92 Å². The smallest absolute Gasteiger partial charge is 0.252 e. The van der Waals surface area contributed by atoms with Gasteiger partial charge in [0.25, 0.3) is 5.91 Å². The molecular formula is C13H17NO2S. The van der Waals surface area contributed by atoms with Crippen LogP contribution in [0.25, 0.3) is 0 Å². The Labute approximate surface area is 106 Å². The highest BCUT2D eigenvalue weighted by Gasteiger charge is 2.12. The van der Waals surface area contributed by atoms with Crippen molar-refractivity contribution in [2.24, 2.45) is 5.92 Å². The molecule has 0 aromatic heterocycles. The van der Waals surface area contributed by atoms with Crippen LogP contribution in [-0.4, -0.2) is 24.5 Å². The highest BCUT2D eigenvalue weighted by atomic mass is 32.2. The molecule has 0 aliphatic carbocycles. The van der Waals surface area contributed by atoms with Crippen LogP contribution in [0.3, 0.4) is 0 Å². The summed E-state index contributed by atoms with van der Waals surface area (Å²) < 4.78 is 0. The minimum atomic E-state index is -0.191. The van der Waals surface area contributed by atoms with E-state index in [1.54, 1.807) is 6.07 Å². The van der Waals surface area contributed by atoms with Crippen LogP contribution in [0.15, 0.2) is 29.2 Å². The molecule has 0 saturated carbocycles. The van der Waals surface area contributed by atoms with Gasteiger partial charge in [0.2, 0.25) is 0 Å². The second-order valence-electron chi connectivity index (χ2n) is 4.00. The highest BCUT2D eigenvalue weighted by Crippen LogP contribution is 2.19. The molecule has 1 amide bonds. The summed E-state index contributed by atoms with van der Waals surface area (Å²) in [7, 11) is 0. The van der Waals surface area contributed by atoms with Gasteiger partial charge in [-0.2, -0.15) is 0 Å². The molecule has 0 unspecified atom stereocenters. The lowest BCUT2D eigenvalue weighted by Gasteiger charge is -2.09.